The number of nitrogens with one attached hydrogen (secondary N) is 2. The van der Waals surface area contributed by atoms with Gasteiger partial charge in [0.05, 0.1) is 27.2 Å². The van der Waals surface area contributed by atoms with Crippen molar-refractivity contribution < 1.29 is 47.5 Å². The number of hydrogen-bond donors (Lipinski definition) is 5. The minimum absolute atomic E-state index is 0.0225. The van der Waals surface area contributed by atoms with Gasteiger partial charge in [-0.15, -0.1) is 0 Å². The van der Waals surface area contributed by atoms with Crippen LogP contribution in [0.15, 0.2) is 6.33 Å². The first kappa shape index (κ1) is 33.7. The van der Waals surface area contributed by atoms with Crippen LogP contribution in [-0.4, -0.2) is 92.9 Å². The van der Waals surface area contributed by atoms with Crippen molar-refractivity contribution in [2.24, 2.45) is 11.8 Å². The summed E-state index contributed by atoms with van der Waals surface area (Å²) in [5, 5.41) is 26.9. The lowest BCUT2D eigenvalue weighted by atomic mass is 10.1. The summed E-state index contributed by atoms with van der Waals surface area (Å²) in [6.07, 6.45) is -5.22. The Bertz CT molecular complexity index is 1260. The Kier molecular flexibility index (Phi) is 11.3. The van der Waals surface area contributed by atoms with Crippen molar-refractivity contribution in [1.29, 1.82) is 0 Å². The minimum atomic E-state index is -4.29. The van der Waals surface area contributed by atoms with E-state index in [1.54, 1.807) is 0 Å². The lowest BCUT2D eigenvalue weighted by Gasteiger charge is -2.30. The Balaban J connectivity index is 1.87. The summed E-state index contributed by atoms with van der Waals surface area (Å²) in [5.41, 5.74) is 5.67. The summed E-state index contributed by atoms with van der Waals surface area (Å²) in [7, 11) is -1.93. The molecule has 6 unspecified atom stereocenters. The summed E-state index contributed by atoms with van der Waals surface area (Å²) in [4.78, 5) is 36.2. The first-order valence-corrected chi connectivity index (χ1v) is 14.9. The number of carbonyl (C=O) groups excluding carboxylic acids is 2. The second-order valence-corrected chi connectivity index (χ2v) is 12.6. The molecule has 2 aromatic rings. The van der Waals surface area contributed by atoms with Crippen LogP contribution < -0.4 is 15.9 Å². The highest BCUT2D eigenvalue weighted by Crippen LogP contribution is 2.42. The Morgan fingerprint density at radius 1 is 1.07 bits per heavy atom. The van der Waals surface area contributed by atoms with Gasteiger partial charge in [0, 0.05) is 0 Å². The molecule has 0 aromatic carbocycles. The number of nitrogens with zero attached hydrogens (tertiary/aromatic N) is 4. The number of methoxy groups -OCH3 is 2. The molecule has 0 spiro atoms. The van der Waals surface area contributed by atoms with Crippen molar-refractivity contribution in [2.45, 2.75) is 77.2 Å². The van der Waals surface area contributed by atoms with Crippen LogP contribution in [0.1, 0.15) is 46.8 Å². The van der Waals surface area contributed by atoms with Crippen molar-refractivity contribution in [2.75, 3.05) is 26.6 Å². The maximum absolute atomic E-state index is 14.2. The van der Waals surface area contributed by atoms with Crippen LogP contribution in [0.2, 0.25) is 0 Å². The van der Waals surface area contributed by atoms with Gasteiger partial charge in [-0.1, -0.05) is 27.7 Å². The summed E-state index contributed by atoms with van der Waals surface area (Å²) >= 11 is 0. The highest BCUT2D eigenvalue weighted by atomic mass is 31.2. The molecule has 16 nitrogen and oxygen atoms in total. The van der Waals surface area contributed by atoms with Crippen molar-refractivity contribution in [3.05, 3.63) is 12.4 Å². The Morgan fingerprint density at radius 2 is 1.62 bits per heavy atom. The number of nitrogen functional groups attached to an aromatic ring is 1. The molecule has 3 heterocycles. The third kappa shape index (κ3) is 7.98. The second-order valence-electron chi connectivity index (χ2n) is 10.8. The van der Waals surface area contributed by atoms with Crippen LogP contribution in [0.25, 0.3) is 11.2 Å². The van der Waals surface area contributed by atoms with Crippen LogP contribution in [0.4, 0.5) is 10.2 Å². The molecule has 0 amide bonds. The number of imidazole rings is 1. The number of aliphatic hydroxyl groups excluding tert-OH is 2. The van der Waals surface area contributed by atoms with Crippen LogP contribution in [0.5, 0.6) is 0 Å². The van der Waals surface area contributed by atoms with E-state index in [1.165, 1.54) is 25.1 Å². The van der Waals surface area contributed by atoms with Gasteiger partial charge in [0.15, 0.2) is 23.2 Å². The van der Waals surface area contributed by atoms with Crippen LogP contribution >= 0.6 is 7.67 Å². The second kappa shape index (κ2) is 14.1. The van der Waals surface area contributed by atoms with Gasteiger partial charge < -0.3 is 34.7 Å². The van der Waals surface area contributed by atoms with Crippen LogP contribution in [0, 0.1) is 17.9 Å². The third-order valence-electron chi connectivity index (χ3n) is 6.49. The van der Waals surface area contributed by atoms with Crippen LogP contribution in [0.3, 0.4) is 0 Å². The molecule has 1 aliphatic rings. The summed E-state index contributed by atoms with van der Waals surface area (Å²) < 4.78 is 50.5. The SMILES string of the molecule is COC(=O)C(CC(C)C)NP(=O)(NC(CC(C)C)C(=O)OC)OCC1OC(n2cnc3c(N)nc(F)nc32)C(O)C1O. The van der Waals surface area contributed by atoms with Crippen molar-refractivity contribution in [3.63, 3.8) is 0 Å². The molecular weight excluding hydrogens is 580 g/mol. The first-order valence-electron chi connectivity index (χ1n) is 13.3. The number of hydrogen-bond acceptors (Lipinski definition) is 13. The predicted molar refractivity (Wildman–Crippen MR) is 146 cm³/mol. The average molecular weight is 620 g/mol. The molecule has 6 atom stereocenters. The van der Waals surface area contributed by atoms with E-state index in [-0.39, 0.29) is 41.7 Å². The molecule has 6 N–H and O–H groups in total. The first-order chi connectivity index (χ1) is 19.7. The van der Waals surface area contributed by atoms with Gasteiger partial charge in [0.1, 0.15) is 30.4 Å². The van der Waals surface area contributed by atoms with E-state index in [9.17, 15) is 28.8 Å². The van der Waals surface area contributed by atoms with Gasteiger partial charge in [-0.05, 0) is 24.7 Å². The quantitative estimate of drug-likeness (QED) is 0.111. The van der Waals surface area contributed by atoms with Gasteiger partial charge in [-0.3, -0.25) is 18.7 Å². The highest BCUT2D eigenvalue weighted by molar-refractivity contribution is 7.54. The minimum Gasteiger partial charge on any atom is -0.468 e. The summed E-state index contributed by atoms with van der Waals surface area (Å²) in [6.45, 7) is 6.82. The van der Waals surface area contributed by atoms with Gasteiger partial charge in [-0.2, -0.15) is 14.4 Å². The predicted octanol–water partition coefficient (Wildman–Crippen LogP) is 0.646. The fraction of sp³-hybridized carbons (Fsp3) is 0.708. The van der Waals surface area contributed by atoms with Gasteiger partial charge in [-0.25, -0.2) is 15.2 Å². The number of aliphatic hydroxyl groups is 2. The fourth-order valence-corrected chi connectivity index (χ4v) is 6.35. The Hall–Kier alpha value is -2.79. The maximum Gasteiger partial charge on any atom is 0.342 e. The lowest BCUT2D eigenvalue weighted by Crippen LogP contribution is -2.46. The van der Waals surface area contributed by atoms with E-state index < -0.39 is 68.9 Å². The fourth-order valence-electron chi connectivity index (χ4n) is 4.52. The smallest absolute Gasteiger partial charge is 0.342 e. The molecule has 18 heteroatoms. The molecule has 236 valence electrons. The van der Waals surface area contributed by atoms with Gasteiger partial charge in [0.2, 0.25) is 0 Å². The zero-order valence-corrected chi connectivity index (χ0v) is 25.2. The van der Waals surface area contributed by atoms with Crippen LogP contribution in [-0.2, 0) is 32.9 Å². The molecule has 0 aliphatic carbocycles. The molecule has 42 heavy (non-hydrogen) atoms. The highest BCUT2D eigenvalue weighted by Gasteiger charge is 2.46. The largest absolute Gasteiger partial charge is 0.468 e. The molecule has 0 bridgehead atoms. The topological polar surface area (TPSA) is 222 Å². The van der Waals surface area contributed by atoms with E-state index in [0.29, 0.717) is 0 Å². The molecule has 0 saturated carbocycles. The monoisotopic (exact) mass is 619 g/mol. The number of esters is 2. The van der Waals surface area contributed by atoms with E-state index in [1.807, 2.05) is 27.7 Å². The molecular formula is C24H39FN7O9P. The molecule has 2 aromatic heterocycles. The average Bonchev–Trinajstić information content (AvgIpc) is 3.45. The number of rotatable bonds is 14. The van der Waals surface area contributed by atoms with E-state index >= 15 is 0 Å². The van der Waals surface area contributed by atoms with Gasteiger partial charge >= 0.3 is 25.7 Å². The van der Waals surface area contributed by atoms with E-state index in [4.69, 9.17) is 24.5 Å². The Morgan fingerprint density at radius 3 is 2.12 bits per heavy atom. The third-order valence-corrected chi connectivity index (χ3v) is 8.31. The molecule has 1 aliphatic heterocycles. The van der Waals surface area contributed by atoms with Crippen molar-refractivity contribution >= 4 is 36.6 Å². The molecule has 1 saturated heterocycles. The number of ether oxygens (including phenoxy) is 3. The number of nitrogens with two attached hydrogens (primary N) is 1. The summed E-state index contributed by atoms with van der Waals surface area (Å²) in [5.74, 6) is -1.69. The molecule has 3 rings (SSSR count). The molecule has 0 radical (unpaired) electrons. The van der Waals surface area contributed by atoms with Crippen molar-refractivity contribution in [3.8, 4) is 0 Å². The standard InChI is InChI=1S/C24H39FN7O9P/c1-11(2)7-13(22(35)38-5)30-42(37,31-14(8-12(3)4)23(36)39-6)40-9-15-17(33)18(34)21(41-15)32-10-27-16-19(26)28-24(25)29-20(16)32/h10-15,17-18,21,33-34H,7-9H2,1-6H3,(H2,26,28,29)(H2,30,31,37). The van der Waals surface area contributed by atoms with Crippen molar-refractivity contribution in [1.82, 2.24) is 29.7 Å². The number of anilines is 1. The normalized spacial score (nSPS) is 23.7. The zero-order valence-electron chi connectivity index (χ0n) is 24.3. The van der Waals surface area contributed by atoms with E-state index in [2.05, 4.69) is 25.1 Å². The maximum atomic E-state index is 14.2. The number of carbonyl (C=O) groups is 2. The van der Waals surface area contributed by atoms with E-state index in [0.717, 1.165) is 0 Å². The zero-order chi connectivity index (χ0) is 31.4. The number of aromatic nitrogens is 4. The number of halogens is 1. The molecule has 1 fully saturated rings. The van der Waals surface area contributed by atoms with Gasteiger partial charge in [0.25, 0.3) is 0 Å². The number of fused-ring (bicyclic) bond motifs is 1. The Labute approximate surface area is 242 Å². The lowest BCUT2D eigenvalue weighted by molar-refractivity contribution is -0.143. The summed E-state index contributed by atoms with van der Waals surface area (Å²) in [6, 6.07) is -2.17.